The lowest BCUT2D eigenvalue weighted by molar-refractivity contribution is -0.133. The van der Waals surface area contributed by atoms with Crippen LogP contribution in [0, 0.1) is 11.7 Å². The minimum Gasteiger partial charge on any atom is -0.494 e. The maximum Gasteiger partial charge on any atom is 0.241 e. The molecular formula is C24H27FN2O4S. The van der Waals surface area contributed by atoms with Gasteiger partial charge in [-0.25, -0.2) is 12.8 Å². The fourth-order valence-electron chi connectivity index (χ4n) is 3.44. The number of rotatable bonds is 8. The summed E-state index contributed by atoms with van der Waals surface area (Å²) in [6.45, 7) is 3.67. The standard InChI is InChI=1S/C24H27FN2O4S/c1-16(2)23(24(28)27(3)15-17-9-12-22(31-4)21(25)13-17)26-32(29,30)20-11-10-18-7-5-6-8-19(18)14-20/h5-14,16,23,26H,15H2,1-4H3. The van der Waals surface area contributed by atoms with Gasteiger partial charge < -0.3 is 9.64 Å². The molecule has 3 aromatic carbocycles. The van der Waals surface area contributed by atoms with Crippen molar-refractivity contribution in [2.75, 3.05) is 14.2 Å². The molecule has 3 rings (SSSR count). The van der Waals surface area contributed by atoms with Gasteiger partial charge in [0.1, 0.15) is 6.04 Å². The number of likely N-dealkylation sites (N-methyl/N-ethyl adjacent to an activating group) is 1. The van der Waals surface area contributed by atoms with Crippen molar-refractivity contribution < 1.29 is 22.3 Å². The Labute approximate surface area is 188 Å². The van der Waals surface area contributed by atoms with Crippen LogP contribution >= 0.6 is 0 Å². The first-order valence-electron chi connectivity index (χ1n) is 10.2. The van der Waals surface area contributed by atoms with Crippen LogP contribution in [-0.4, -0.2) is 39.4 Å². The highest BCUT2D eigenvalue weighted by atomic mass is 32.2. The molecular weight excluding hydrogens is 431 g/mol. The molecule has 0 heterocycles. The molecule has 1 N–H and O–H groups in total. The number of methoxy groups -OCH3 is 1. The number of amides is 1. The normalized spacial score (nSPS) is 12.7. The second-order valence-corrected chi connectivity index (χ2v) is 9.73. The summed E-state index contributed by atoms with van der Waals surface area (Å²) in [6, 6.07) is 15.8. The lowest BCUT2D eigenvalue weighted by atomic mass is 10.0. The first-order valence-corrected chi connectivity index (χ1v) is 11.7. The van der Waals surface area contributed by atoms with E-state index < -0.39 is 27.8 Å². The third kappa shape index (κ3) is 5.26. The van der Waals surface area contributed by atoms with E-state index >= 15 is 0 Å². The Morgan fingerprint density at radius 1 is 1.06 bits per heavy atom. The molecule has 8 heteroatoms. The summed E-state index contributed by atoms with van der Waals surface area (Å²) < 4.78 is 47.6. The van der Waals surface area contributed by atoms with Gasteiger partial charge >= 0.3 is 0 Å². The lowest BCUT2D eigenvalue weighted by Crippen LogP contribution is -2.49. The van der Waals surface area contributed by atoms with Gasteiger partial charge in [-0.2, -0.15) is 4.72 Å². The predicted octanol–water partition coefficient (Wildman–Crippen LogP) is 3.95. The van der Waals surface area contributed by atoms with E-state index in [1.165, 1.54) is 30.2 Å². The van der Waals surface area contributed by atoms with E-state index in [9.17, 15) is 17.6 Å². The van der Waals surface area contributed by atoms with Crippen LogP contribution in [-0.2, 0) is 21.4 Å². The third-order valence-electron chi connectivity index (χ3n) is 5.26. The number of carbonyl (C=O) groups excluding carboxylic acids is 1. The van der Waals surface area contributed by atoms with Crippen LogP contribution in [0.25, 0.3) is 10.8 Å². The van der Waals surface area contributed by atoms with Gasteiger partial charge in [-0.05, 0) is 46.5 Å². The lowest BCUT2D eigenvalue weighted by Gasteiger charge is -2.27. The molecule has 32 heavy (non-hydrogen) atoms. The summed E-state index contributed by atoms with van der Waals surface area (Å²) >= 11 is 0. The number of nitrogens with zero attached hydrogens (tertiary/aromatic N) is 1. The average Bonchev–Trinajstić information content (AvgIpc) is 2.76. The van der Waals surface area contributed by atoms with E-state index in [1.54, 1.807) is 39.1 Å². The molecule has 1 atom stereocenters. The van der Waals surface area contributed by atoms with Crippen molar-refractivity contribution in [3.8, 4) is 5.75 Å². The maximum atomic E-state index is 14.0. The number of hydrogen-bond donors (Lipinski definition) is 1. The Balaban J connectivity index is 1.80. The maximum absolute atomic E-state index is 14.0. The molecule has 0 aliphatic rings. The molecule has 0 aliphatic heterocycles. The first kappa shape index (κ1) is 23.7. The second-order valence-electron chi connectivity index (χ2n) is 8.02. The summed E-state index contributed by atoms with van der Waals surface area (Å²) in [5, 5.41) is 1.72. The molecule has 1 amide bonds. The average molecular weight is 459 g/mol. The molecule has 3 aromatic rings. The zero-order valence-corrected chi connectivity index (χ0v) is 19.3. The molecule has 0 aliphatic carbocycles. The number of fused-ring (bicyclic) bond motifs is 1. The minimum absolute atomic E-state index is 0.0922. The summed E-state index contributed by atoms with van der Waals surface area (Å²) in [6.07, 6.45) is 0. The highest BCUT2D eigenvalue weighted by Crippen LogP contribution is 2.21. The van der Waals surface area contributed by atoms with Gasteiger partial charge in [-0.15, -0.1) is 0 Å². The van der Waals surface area contributed by atoms with E-state index in [0.29, 0.717) is 5.56 Å². The van der Waals surface area contributed by atoms with Gasteiger partial charge in [0.2, 0.25) is 15.9 Å². The van der Waals surface area contributed by atoms with Crippen molar-refractivity contribution in [3.63, 3.8) is 0 Å². The van der Waals surface area contributed by atoms with Crippen molar-refractivity contribution in [1.82, 2.24) is 9.62 Å². The minimum atomic E-state index is -3.94. The summed E-state index contributed by atoms with van der Waals surface area (Å²) in [5.74, 6) is -1.11. The van der Waals surface area contributed by atoms with Crippen LogP contribution in [0.4, 0.5) is 4.39 Å². The predicted molar refractivity (Wildman–Crippen MR) is 122 cm³/mol. The van der Waals surface area contributed by atoms with E-state index in [2.05, 4.69) is 4.72 Å². The Bertz CT molecular complexity index is 1230. The van der Waals surface area contributed by atoms with E-state index in [0.717, 1.165) is 10.8 Å². The number of benzene rings is 3. The Kier molecular flexibility index (Phi) is 7.16. The van der Waals surface area contributed by atoms with E-state index in [4.69, 9.17) is 4.74 Å². The van der Waals surface area contributed by atoms with Crippen LogP contribution in [0.15, 0.2) is 65.6 Å². The van der Waals surface area contributed by atoms with Crippen molar-refractivity contribution in [2.45, 2.75) is 31.3 Å². The van der Waals surface area contributed by atoms with Crippen molar-refractivity contribution in [3.05, 3.63) is 72.0 Å². The zero-order chi connectivity index (χ0) is 23.5. The number of hydrogen-bond acceptors (Lipinski definition) is 4. The van der Waals surface area contributed by atoms with Crippen LogP contribution in [0.1, 0.15) is 19.4 Å². The molecule has 0 bridgehead atoms. The quantitative estimate of drug-likeness (QED) is 0.555. The summed E-state index contributed by atoms with van der Waals surface area (Å²) in [4.78, 5) is 14.6. The molecule has 0 radical (unpaired) electrons. The molecule has 0 saturated heterocycles. The van der Waals surface area contributed by atoms with Gasteiger partial charge in [-0.1, -0.05) is 50.2 Å². The summed E-state index contributed by atoms with van der Waals surface area (Å²) in [7, 11) is -1.000. The molecule has 0 saturated carbocycles. The number of nitrogens with one attached hydrogen (secondary N) is 1. The van der Waals surface area contributed by atoms with Gasteiger partial charge in [0.15, 0.2) is 11.6 Å². The largest absolute Gasteiger partial charge is 0.494 e. The molecule has 0 spiro atoms. The van der Waals surface area contributed by atoms with Crippen LogP contribution in [0.3, 0.4) is 0 Å². The smallest absolute Gasteiger partial charge is 0.241 e. The summed E-state index contributed by atoms with van der Waals surface area (Å²) in [5.41, 5.74) is 0.569. The third-order valence-corrected chi connectivity index (χ3v) is 6.70. The highest BCUT2D eigenvalue weighted by Gasteiger charge is 2.30. The molecule has 0 fully saturated rings. The van der Waals surface area contributed by atoms with Gasteiger partial charge in [0, 0.05) is 13.6 Å². The van der Waals surface area contributed by atoms with E-state index in [1.807, 2.05) is 24.3 Å². The van der Waals surface area contributed by atoms with E-state index in [-0.39, 0.29) is 23.1 Å². The van der Waals surface area contributed by atoms with Crippen LogP contribution in [0.2, 0.25) is 0 Å². The molecule has 0 aromatic heterocycles. The topological polar surface area (TPSA) is 75.7 Å². The van der Waals surface area contributed by atoms with Gasteiger partial charge in [0.25, 0.3) is 0 Å². The zero-order valence-electron chi connectivity index (χ0n) is 18.5. The van der Waals surface area contributed by atoms with Crippen LogP contribution in [0.5, 0.6) is 5.75 Å². The SMILES string of the molecule is COc1ccc(CN(C)C(=O)C(NS(=O)(=O)c2ccc3ccccc3c2)C(C)C)cc1F. The monoisotopic (exact) mass is 458 g/mol. The fraction of sp³-hybridized carbons (Fsp3) is 0.292. The molecule has 170 valence electrons. The Morgan fingerprint density at radius 2 is 1.75 bits per heavy atom. The van der Waals surface area contributed by atoms with Crippen molar-refractivity contribution >= 4 is 26.7 Å². The fourth-order valence-corrected chi connectivity index (χ4v) is 4.81. The number of ether oxygens (including phenoxy) is 1. The number of sulfonamides is 1. The Morgan fingerprint density at radius 3 is 2.38 bits per heavy atom. The number of carbonyl (C=O) groups is 1. The van der Waals surface area contributed by atoms with Crippen LogP contribution < -0.4 is 9.46 Å². The number of halogens is 1. The highest BCUT2D eigenvalue weighted by molar-refractivity contribution is 7.89. The first-order chi connectivity index (χ1) is 15.1. The second kappa shape index (κ2) is 9.67. The molecule has 6 nitrogen and oxygen atoms in total. The Hall–Kier alpha value is -2.97. The molecule has 1 unspecified atom stereocenters. The van der Waals surface area contributed by atoms with Crippen molar-refractivity contribution in [1.29, 1.82) is 0 Å². The van der Waals surface area contributed by atoms with Crippen molar-refractivity contribution in [2.24, 2.45) is 5.92 Å². The van der Waals surface area contributed by atoms with Gasteiger partial charge in [0.05, 0.1) is 12.0 Å². The van der Waals surface area contributed by atoms with Gasteiger partial charge in [-0.3, -0.25) is 4.79 Å².